The van der Waals surface area contributed by atoms with Crippen LogP contribution in [0.2, 0.25) is 0 Å². The van der Waals surface area contributed by atoms with Gasteiger partial charge in [0.05, 0.1) is 0 Å². The van der Waals surface area contributed by atoms with Crippen LogP contribution in [-0.4, -0.2) is 53.0 Å². The topological polar surface area (TPSA) is 72.2 Å². The Morgan fingerprint density at radius 3 is 2.50 bits per heavy atom. The van der Waals surface area contributed by atoms with E-state index < -0.39 is 5.69 Å². The van der Waals surface area contributed by atoms with E-state index in [9.17, 15) is 9.59 Å². The first kappa shape index (κ1) is 11.1. The molecule has 0 amide bonds. The molecule has 1 fully saturated rings. The molecule has 2 rings (SSSR count). The van der Waals surface area contributed by atoms with Crippen molar-refractivity contribution in [1.82, 2.24) is 19.8 Å². The second kappa shape index (κ2) is 4.63. The SMILES string of the molecule is CN1CCN(Cc2cc(=O)[nH]c(=O)[nH]2)CC1. The van der Waals surface area contributed by atoms with E-state index in [1.54, 1.807) is 0 Å². The van der Waals surface area contributed by atoms with Crippen molar-refractivity contribution in [3.63, 3.8) is 0 Å². The van der Waals surface area contributed by atoms with Crippen LogP contribution in [0.3, 0.4) is 0 Å². The molecule has 0 saturated carbocycles. The van der Waals surface area contributed by atoms with Gasteiger partial charge in [0, 0.05) is 44.5 Å². The number of hydrogen-bond donors (Lipinski definition) is 2. The van der Waals surface area contributed by atoms with Crippen LogP contribution < -0.4 is 11.2 Å². The minimum absolute atomic E-state index is 0.340. The van der Waals surface area contributed by atoms with Crippen LogP contribution in [0.4, 0.5) is 0 Å². The molecule has 0 aliphatic carbocycles. The third kappa shape index (κ3) is 2.80. The molecule has 88 valence electrons. The number of hydrogen-bond acceptors (Lipinski definition) is 4. The van der Waals surface area contributed by atoms with Gasteiger partial charge in [-0.3, -0.25) is 14.7 Å². The minimum Gasteiger partial charge on any atom is -0.310 e. The molecule has 1 aliphatic heterocycles. The van der Waals surface area contributed by atoms with Gasteiger partial charge in [-0.1, -0.05) is 0 Å². The van der Waals surface area contributed by atoms with E-state index in [0.29, 0.717) is 12.2 Å². The molecule has 0 unspecified atom stereocenters. The van der Waals surface area contributed by atoms with Gasteiger partial charge in [0.15, 0.2) is 0 Å². The minimum atomic E-state index is -0.434. The van der Waals surface area contributed by atoms with E-state index in [-0.39, 0.29) is 5.56 Å². The second-order valence-corrected chi connectivity index (χ2v) is 4.19. The van der Waals surface area contributed by atoms with E-state index >= 15 is 0 Å². The van der Waals surface area contributed by atoms with Crippen LogP contribution in [0.5, 0.6) is 0 Å². The first-order valence-corrected chi connectivity index (χ1v) is 5.37. The summed E-state index contributed by atoms with van der Waals surface area (Å²) in [6.07, 6.45) is 0. The maximum absolute atomic E-state index is 11.1. The van der Waals surface area contributed by atoms with Crippen molar-refractivity contribution >= 4 is 0 Å². The fourth-order valence-electron chi connectivity index (χ4n) is 1.85. The first-order chi connectivity index (χ1) is 7.63. The zero-order valence-electron chi connectivity index (χ0n) is 9.32. The van der Waals surface area contributed by atoms with Crippen LogP contribution in [0.15, 0.2) is 15.7 Å². The molecule has 1 aromatic heterocycles. The van der Waals surface area contributed by atoms with E-state index in [1.165, 1.54) is 6.07 Å². The lowest BCUT2D eigenvalue weighted by atomic mass is 10.3. The summed E-state index contributed by atoms with van der Waals surface area (Å²) in [4.78, 5) is 31.5. The zero-order chi connectivity index (χ0) is 11.5. The fraction of sp³-hybridized carbons (Fsp3) is 0.600. The van der Waals surface area contributed by atoms with Crippen LogP contribution in [-0.2, 0) is 6.54 Å². The van der Waals surface area contributed by atoms with Crippen molar-refractivity contribution < 1.29 is 0 Å². The Labute approximate surface area is 92.9 Å². The number of piperazine rings is 1. The maximum atomic E-state index is 11.1. The number of H-pyrrole nitrogens is 2. The van der Waals surface area contributed by atoms with Gasteiger partial charge in [-0.25, -0.2) is 4.79 Å². The predicted octanol–water partition coefficient (Wildman–Crippen LogP) is -1.19. The van der Waals surface area contributed by atoms with Gasteiger partial charge in [0.1, 0.15) is 0 Å². The smallest absolute Gasteiger partial charge is 0.310 e. The Balaban J connectivity index is 2.04. The molecule has 0 radical (unpaired) electrons. The molecule has 0 spiro atoms. The van der Waals surface area contributed by atoms with Crippen LogP contribution in [0, 0.1) is 0 Å². The third-order valence-electron chi connectivity index (χ3n) is 2.81. The van der Waals surface area contributed by atoms with Crippen molar-refractivity contribution in [2.75, 3.05) is 33.2 Å². The molecular formula is C10H16N4O2. The van der Waals surface area contributed by atoms with E-state index in [2.05, 4.69) is 26.8 Å². The number of aromatic nitrogens is 2. The molecule has 1 aromatic rings. The van der Waals surface area contributed by atoms with Crippen LogP contribution in [0.1, 0.15) is 5.69 Å². The van der Waals surface area contributed by atoms with E-state index in [1.807, 2.05) is 0 Å². The van der Waals surface area contributed by atoms with Gasteiger partial charge in [0.2, 0.25) is 0 Å². The summed E-state index contributed by atoms with van der Waals surface area (Å²) < 4.78 is 0. The molecule has 6 nitrogen and oxygen atoms in total. The summed E-state index contributed by atoms with van der Waals surface area (Å²) in [7, 11) is 2.09. The molecule has 16 heavy (non-hydrogen) atoms. The lowest BCUT2D eigenvalue weighted by Crippen LogP contribution is -2.44. The number of aromatic amines is 2. The first-order valence-electron chi connectivity index (χ1n) is 5.37. The van der Waals surface area contributed by atoms with Gasteiger partial charge in [0.25, 0.3) is 5.56 Å². The average Bonchev–Trinajstić information content (AvgIpc) is 2.20. The van der Waals surface area contributed by atoms with Gasteiger partial charge < -0.3 is 9.88 Å². The number of rotatable bonds is 2. The van der Waals surface area contributed by atoms with E-state index in [0.717, 1.165) is 26.2 Å². The Morgan fingerprint density at radius 1 is 1.19 bits per heavy atom. The van der Waals surface area contributed by atoms with Crippen molar-refractivity contribution in [2.24, 2.45) is 0 Å². The lowest BCUT2D eigenvalue weighted by Gasteiger charge is -2.32. The predicted molar refractivity (Wildman–Crippen MR) is 60.5 cm³/mol. The molecular weight excluding hydrogens is 208 g/mol. The highest BCUT2D eigenvalue weighted by molar-refractivity contribution is 4.98. The largest absolute Gasteiger partial charge is 0.325 e. The second-order valence-electron chi connectivity index (χ2n) is 4.19. The Hall–Kier alpha value is -1.40. The fourth-order valence-corrected chi connectivity index (χ4v) is 1.85. The highest BCUT2D eigenvalue weighted by Gasteiger charge is 2.14. The van der Waals surface area contributed by atoms with Crippen molar-refractivity contribution in [1.29, 1.82) is 0 Å². The monoisotopic (exact) mass is 224 g/mol. The summed E-state index contributed by atoms with van der Waals surface area (Å²) >= 11 is 0. The van der Waals surface area contributed by atoms with Crippen molar-refractivity contribution in [2.45, 2.75) is 6.54 Å². The standard InChI is InChI=1S/C10H16N4O2/c1-13-2-4-14(5-3-13)7-8-6-9(15)12-10(16)11-8/h6H,2-5,7H2,1H3,(H2,11,12,15,16). The Kier molecular flexibility index (Phi) is 3.21. The molecule has 1 aliphatic rings. The maximum Gasteiger partial charge on any atom is 0.325 e. The molecule has 6 heteroatoms. The normalized spacial score (nSPS) is 18.8. The van der Waals surface area contributed by atoms with Crippen LogP contribution >= 0.6 is 0 Å². The number of likely N-dealkylation sites (N-methyl/N-ethyl adjacent to an activating group) is 1. The Morgan fingerprint density at radius 2 is 1.88 bits per heavy atom. The quantitative estimate of drug-likeness (QED) is 0.662. The van der Waals surface area contributed by atoms with Gasteiger partial charge >= 0.3 is 5.69 Å². The summed E-state index contributed by atoms with van der Waals surface area (Å²) in [5.41, 5.74) is -0.0946. The summed E-state index contributed by atoms with van der Waals surface area (Å²) in [5.74, 6) is 0. The van der Waals surface area contributed by atoms with Crippen molar-refractivity contribution in [3.8, 4) is 0 Å². The zero-order valence-corrected chi connectivity index (χ0v) is 9.32. The van der Waals surface area contributed by atoms with Gasteiger partial charge in [-0.15, -0.1) is 0 Å². The van der Waals surface area contributed by atoms with Gasteiger partial charge in [-0.05, 0) is 7.05 Å². The Bertz CT molecular complexity index is 428. The highest BCUT2D eigenvalue weighted by Crippen LogP contribution is 2.02. The molecule has 0 atom stereocenters. The van der Waals surface area contributed by atoms with Crippen LogP contribution in [0.25, 0.3) is 0 Å². The molecule has 2 heterocycles. The molecule has 2 N–H and O–H groups in total. The summed E-state index contributed by atoms with van der Waals surface area (Å²) in [6, 6.07) is 1.44. The summed E-state index contributed by atoms with van der Waals surface area (Å²) in [5, 5.41) is 0. The van der Waals surface area contributed by atoms with E-state index in [4.69, 9.17) is 0 Å². The number of nitrogens with one attached hydrogen (secondary N) is 2. The number of nitrogens with zero attached hydrogens (tertiary/aromatic N) is 2. The molecule has 0 bridgehead atoms. The summed E-state index contributed by atoms with van der Waals surface area (Å²) in [6.45, 7) is 4.60. The van der Waals surface area contributed by atoms with Crippen molar-refractivity contribution in [3.05, 3.63) is 32.6 Å². The molecule has 1 saturated heterocycles. The van der Waals surface area contributed by atoms with Gasteiger partial charge in [-0.2, -0.15) is 0 Å². The average molecular weight is 224 g/mol. The lowest BCUT2D eigenvalue weighted by molar-refractivity contribution is 0.146. The molecule has 0 aromatic carbocycles. The third-order valence-corrected chi connectivity index (χ3v) is 2.81. The highest BCUT2D eigenvalue weighted by atomic mass is 16.2.